The lowest BCUT2D eigenvalue weighted by atomic mass is 10.2. The average molecular weight is 367 g/mol. The van der Waals surface area contributed by atoms with Crippen molar-refractivity contribution in [2.24, 2.45) is 0 Å². The summed E-state index contributed by atoms with van der Waals surface area (Å²) in [7, 11) is 0. The van der Waals surface area contributed by atoms with Crippen molar-refractivity contribution in [1.82, 2.24) is 4.90 Å². The Morgan fingerprint density at radius 3 is 2.92 bits per heavy atom. The van der Waals surface area contributed by atoms with Crippen LogP contribution in [0.4, 0.5) is 4.39 Å². The van der Waals surface area contributed by atoms with Gasteiger partial charge in [0.2, 0.25) is 0 Å². The SMILES string of the molecule is O=C1/C(=C\c2cccc(F)c2)SC(=S)N1CCC[NH+]1CCOCC1. The van der Waals surface area contributed by atoms with Crippen LogP contribution in [0, 0.1) is 5.82 Å². The second kappa shape index (κ2) is 8.20. The number of quaternary nitrogens is 1. The highest BCUT2D eigenvalue weighted by Gasteiger charge is 2.31. The number of hydrogen-bond acceptors (Lipinski definition) is 4. The highest BCUT2D eigenvalue weighted by molar-refractivity contribution is 8.26. The Kier molecular flexibility index (Phi) is 5.99. The van der Waals surface area contributed by atoms with Crippen LogP contribution < -0.4 is 4.90 Å². The summed E-state index contributed by atoms with van der Waals surface area (Å²) in [5, 5.41) is 0. The summed E-state index contributed by atoms with van der Waals surface area (Å²) in [6.07, 6.45) is 2.62. The standard InChI is InChI=1S/C17H19FN2O2S2/c18-14-4-1-3-13(11-14)12-15-16(21)20(17(23)24-15)6-2-5-19-7-9-22-10-8-19/h1,3-4,11-12H,2,5-10H2/p+1/b15-12+. The zero-order valence-electron chi connectivity index (χ0n) is 13.3. The zero-order valence-corrected chi connectivity index (χ0v) is 14.9. The van der Waals surface area contributed by atoms with E-state index >= 15 is 0 Å². The van der Waals surface area contributed by atoms with Crippen molar-refractivity contribution in [1.29, 1.82) is 0 Å². The number of carbonyl (C=O) groups excluding carboxylic acids is 1. The van der Waals surface area contributed by atoms with Crippen molar-refractivity contribution in [3.8, 4) is 0 Å². The van der Waals surface area contributed by atoms with Gasteiger partial charge in [-0.05, 0) is 23.8 Å². The molecular formula is C17H20FN2O2S2+. The van der Waals surface area contributed by atoms with Crippen molar-refractivity contribution >= 4 is 40.3 Å². The van der Waals surface area contributed by atoms with Crippen LogP contribution in [-0.2, 0) is 9.53 Å². The molecule has 0 atom stereocenters. The monoisotopic (exact) mass is 367 g/mol. The second-order valence-corrected chi connectivity index (χ2v) is 7.53. The van der Waals surface area contributed by atoms with Crippen molar-refractivity contribution in [3.63, 3.8) is 0 Å². The number of ether oxygens (including phenoxy) is 1. The number of hydrogen-bond donors (Lipinski definition) is 1. The fraction of sp³-hybridized carbons (Fsp3) is 0.412. The molecule has 0 aromatic heterocycles. The van der Waals surface area contributed by atoms with Gasteiger partial charge in [0.15, 0.2) is 0 Å². The number of rotatable bonds is 5. The van der Waals surface area contributed by atoms with Gasteiger partial charge >= 0.3 is 0 Å². The largest absolute Gasteiger partial charge is 0.370 e. The first-order valence-corrected chi connectivity index (χ1v) is 9.28. The summed E-state index contributed by atoms with van der Waals surface area (Å²) in [4.78, 5) is 16.2. The Morgan fingerprint density at radius 1 is 1.38 bits per heavy atom. The van der Waals surface area contributed by atoms with E-state index in [4.69, 9.17) is 17.0 Å². The lowest BCUT2D eigenvalue weighted by Gasteiger charge is -2.24. The highest BCUT2D eigenvalue weighted by Crippen LogP contribution is 2.32. The molecule has 1 amide bonds. The van der Waals surface area contributed by atoms with Crippen LogP contribution in [0.1, 0.15) is 12.0 Å². The number of benzene rings is 1. The van der Waals surface area contributed by atoms with E-state index in [0.717, 1.165) is 39.3 Å². The first-order chi connectivity index (χ1) is 11.6. The number of nitrogens with zero attached hydrogens (tertiary/aromatic N) is 1. The van der Waals surface area contributed by atoms with Gasteiger partial charge in [-0.2, -0.15) is 0 Å². The summed E-state index contributed by atoms with van der Waals surface area (Å²) < 4.78 is 19.2. The quantitative estimate of drug-likeness (QED) is 0.629. The Hall–Kier alpha value is -1.28. The Morgan fingerprint density at radius 2 is 2.17 bits per heavy atom. The van der Waals surface area contributed by atoms with Crippen molar-refractivity contribution in [2.45, 2.75) is 6.42 Å². The van der Waals surface area contributed by atoms with E-state index in [1.54, 1.807) is 23.1 Å². The first kappa shape index (κ1) is 17.5. The minimum absolute atomic E-state index is 0.0776. The van der Waals surface area contributed by atoms with Crippen LogP contribution in [0.15, 0.2) is 29.2 Å². The third-order valence-corrected chi connectivity index (χ3v) is 5.51. The van der Waals surface area contributed by atoms with Gasteiger partial charge in [-0.3, -0.25) is 9.69 Å². The van der Waals surface area contributed by atoms with E-state index in [0.29, 0.717) is 21.3 Å². The minimum atomic E-state index is -0.312. The van der Waals surface area contributed by atoms with Gasteiger partial charge in [0.1, 0.15) is 23.2 Å². The molecule has 2 heterocycles. The Labute approximate surface area is 150 Å². The molecule has 1 aromatic carbocycles. The molecule has 128 valence electrons. The molecule has 2 fully saturated rings. The number of halogens is 1. The van der Waals surface area contributed by atoms with Crippen molar-refractivity contribution in [3.05, 3.63) is 40.6 Å². The average Bonchev–Trinajstić information content (AvgIpc) is 2.83. The van der Waals surface area contributed by atoms with Crippen LogP contribution >= 0.6 is 24.0 Å². The smallest absolute Gasteiger partial charge is 0.266 e. The maximum absolute atomic E-state index is 13.3. The van der Waals surface area contributed by atoms with Gasteiger partial charge in [-0.15, -0.1) is 0 Å². The molecule has 7 heteroatoms. The van der Waals surface area contributed by atoms with Crippen molar-refractivity contribution < 1.29 is 18.8 Å². The van der Waals surface area contributed by atoms with Gasteiger partial charge in [-0.25, -0.2) is 4.39 Å². The molecule has 2 aliphatic rings. The Bertz CT molecular complexity index is 660. The molecule has 0 bridgehead atoms. The third-order valence-electron chi connectivity index (χ3n) is 4.13. The molecule has 24 heavy (non-hydrogen) atoms. The molecule has 1 aromatic rings. The van der Waals surface area contributed by atoms with E-state index in [1.807, 2.05) is 0 Å². The molecule has 0 radical (unpaired) electrons. The lowest BCUT2D eigenvalue weighted by Crippen LogP contribution is -3.14. The molecule has 0 saturated carbocycles. The van der Waals surface area contributed by atoms with Crippen LogP contribution in [0.5, 0.6) is 0 Å². The second-order valence-electron chi connectivity index (χ2n) is 5.85. The van der Waals surface area contributed by atoms with Gasteiger partial charge in [0.25, 0.3) is 5.91 Å². The molecular weight excluding hydrogens is 347 g/mol. The predicted octanol–water partition coefficient (Wildman–Crippen LogP) is 1.33. The number of amides is 1. The van der Waals surface area contributed by atoms with E-state index in [9.17, 15) is 9.18 Å². The summed E-state index contributed by atoms with van der Waals surface area (Å²) in [6.45, 7) is 5.33. The first-order valence-electron chi connectivity index (χ1n) is 8.06. The molecule has 0 spiro atoms. The van der Waals surface area contributed by atoms with Gasteiger partial charge in [-0.1, -0.05) is 36.1 Å². The summed E-state index contributed by atoms with van der Waals surface area (Å²) in [5.74, 6) is -0.390. The molecule has 0 unspecified atom stereocenters. The van der Waals surface area contributed by atoms with E-state index in [1.165, 1.54) is 28.8 Å². The number of carbonyl (C=O) groups is 1. The number of thiocarbonyl (C=S) groups is 1. The van der Waals surface area contributed by atoms with E-state index in [-0.39, 0.29) is 11.7 Å². The Balaban J connectivity index is 1.57. The molecule has 2 aliphatic heterocycles. The van der Waals surface area contributed by atoms with Gasteiger partial charge in [0.05, 0.1) is 24.7 Å². The topological polar surface area (TPSA) is 34.0 Å². The molecule has 3 rings (SSSR count). The van der Waals surface area contributed by atoms with E-state index in [2.05, 4.69) is 0 Å². The summed E-state index contributed by atoms with van der Waals surface area (Å²) in [5.41, 5.74) is 0.674. The number of thioether (sulfide) groups is 1. The van der Waals surface area contributed by atoms with E-state index < -0.39 is 0 Å². The van der Waals surface area contributed by atoms with Crippen LogP contribution in [0.3, 0.4) is 0 Å². The third kappa shape index (κ3) is 4.42. The normalized spacial score (nSPS) is 21.0. The lowest BCUT2D eigenvalue weighted by molar-refractivity contribution is -0.908. The molecule has 2 saturated heterocycles. The number of nitrogens with one attached hydrogen (secondary N) is 1. The van der Waals surface area contributed by atoms with Gasteiger partial charge < -0.3 is 9.64 Å². The fourth-order valence-corrected chi connectivity index (χ4v) is 4.15. The number of morpholine rings is 1. The van der Waals surface area contributed by atoms with Crippen LogP contribution in [-0.4, -0.2) is 54.5 Å². The fourth-order valence-electron chi connectivity index (χ4n) is 2.84. The highest BCUT2D eigenvalue weighted by atomic mass is 32.2. The predicted molar refractivity (Wildman–Crippen MR) is 97.3 cm³/mol. The molecule has 1 N–H and O–H groups in total. The summed E-state index contributed by atoms with van der Waals surface area (Å²) >= 11 is 6.62. The van der Waals surface area contributed by atoms with Gasteiger partial charge in [0, 0.05) is 13.0 Å². The molecule has 4 nitrogen and oxygen atoms in total. The zero-order chi connectivity index (χ0) is 16.9. The maximum atomic E-state index is 13.3. The molecule has 0 aliphatic carbocycles. The maximum Gasteiger partial charge on any atom is 0.266 e. The van der Waals surface area contributed by atoms with Crippen LogP contribution in [0.2, 0.25) is 0 Å². The van der Waals surface area contributed by atoms with Crippen LogP contribution in [0.25, 0.3) is 6.08 Å². The minimum Gasteiger partial charge on any atom is -0.370 e. The summed E-state index contributed by atoms with van der Waals surface area (Å²) in [6, 6.07) is 6.20. The van der Waals surface area contributed by atoms with Crippen molar-refractivity contribution in [2.75, 3.05) is 39.4 Å².